The summed E-state index contributed by atoms with van der Waals surface area (Å²) in [4.78, 5) is 31.5. The molecule has 0 spiro atoms. The van der Waals surface area contributed by atoms with Gasteiger partial charge in [0, 0.05) is 38.6 Å². The van der Waals surface area contributed by atoms with Gasteiger partial charge >= 0.3 is 0 Å². The first-order chi connectivity index (χ1) is 13.4. The molecule has 1 aromatic carbocycles. The number of hydrogen-bond acceptors (Lipinski definition) is 4. The van der Waals surface area contributed by atoms with E-state index in [9.17, 15) is 14.0 Å². The van der Waals surface area contributed by atoms with Crippen LogP contribution < -0.4 is 5.32 Å². The summed E-state index contributed by atoms with van der Waals surface area (Å²) in [6, 6.07) is 9.05. The van der Waals surface area contributed by atoms with Crippen LogP contribution in [0.3, 0.4) is 0 Å². The Bertz CT molecular complexity index is 856. The van der Waals surface area contributed by atoms with Gasteiger partial charge in [0.05, 0.1) is 5.54 Å². The van der Waals surface area contributed by atoms with E-state index in [1.165, 1.54) is 24.3 Å². The summed E-state index contributed by atoms with van der Waals surface area (Å²) in [5.74, 6) is -0.832. The predicted molar refractivity (Wildman–Crippen MR) is 103 cm³/mol. The molecule has 6 nitrogen and oxygen atoms in total. The highest BCUT2D eigenvalue weighted by molar-refractivity contribution is 5.96. The van der Waals surface area contributed by atoms with E-state index in [4.69, 9.17) is 4.74 Å². The monoisotopic (exact) mass is 385 g/mol. The van der Waals surface area contributed by atoms with Gasteiger partial charge in [-0.15, -0.1) is 0 Å². The Morgan fingerprint density at radius 2 is 2.04 bits per heavy atom. The van der Waals surface area contributed by atoms with Crippen molar-refractivity contribution in [1.29, 1.82) is 0 Å². The van der Waals surface area contributed by atoms with Crippen LogP contribution in [0.5, 0.6) is 0 Å². The zero-order valence-electron chi connectivity index (χ0n) is 16.1. The van der Waals surface area contributed by atoms with Crippen molar-refractivity contribution in [1.82, 2.24) is 15.2 Å². The maximum Gasteiger partial charge on any atom is 0.272 e. The maximum atomic E-state index is 13.1. The number of carbonyl (C=O) groups excluding carboxylic acids is 2. The number of amides is 2. The first-order valence-electron chi connectivity index (χ1n) is 9.22. The normalized spacial score (nSPS) is 18.9. The van der Waals surface area contributed by atoms with Crippen molar-refractivity contribution in [2.45, 2.75) is 25.3 Å². The highest BCUT2D eigenvalue weighted by Crippen LogP contribution is 2.27. The Morgan fingerprint density at radius 1 is 1.29 bits per heavy atom. The lowest BCUT2D eigenvalue weighted by Crippen LogP contribution is -2.51. The minimum absolute atomic E-state index is 0.145. The number of methoxy groups -OCH3 is 1. The molecule has 2 amide bonds. The van der Waals surface area contributed by atoms with Gasteiger partial charge in [-0.05, 0) is 55.7 Å². The molecule has 2 aromatic rings. The second kappa shape index (κ2) is 8.48. The van der Waals surface area contributed by atoms with E-state index >= 15 is 0 Å². The molecule has 1 aliphatic rings. The van der Waals surface area contributed by atoms with Crippen molar-refractivity contribution in [3.8, 4) is 0 Å². The minimum Gasteiger partial charge on any atom is -0.385 e. The van der Waals surface area contributed by atoms with Gasteiger partial charge in [0.2, 0.25) is 0 Å². The van der Waals surface area contributed by atoms with Crippen LogP contribution in [-0.2, 0) is 4.74 Å². The van der Waals surface area contributed by atoms with Crippen LogP contribution in [0.15, 0.2) is 42.6 Å². The number of hydrogen-bond donors (Lipinski definition) is 1. The van der Waals surface area contributed by atoms with E-state index in [1.54, 1.807) is 24.3 Å². The van der Waals surface area contributed by atoms with Crippen LogP contribution in [0.4, 0.5) is 4.39 Å². The summed E-state index contributed by atoms with van der Waals surface area (Å²) in [6.45, 7) is 3.19. The van der Waals surface area contributed by atoms with Crippen molar-refractivity contribution in [2.75, 3.05) is 26.8 Å². The van der Waals surface area contributed by atoms with E-state index in [1.807, 2.05) is 13.0 Å². The fraction of sp³-hybridized carbons (Fsp3) is 0.381. The Hall–Kier alpha value is -2.80. The highest BCUT2D eigenvalue weighted by Gasteiger charge is 2.41. The first kappa shape index (κ1) is 19.9. The summed E-state index contributed by atoms with van der Waals surface area (Å²) in [5, 5.41) is 3.06. The number of rotatable bonds is 6. The number of aryl methyl sites for hydroxylation is 1. The number of benzene rings is 1. The average Bonchev–Trinajstić information content (AvgIpc) is 3.11. The van der Waals surface area contributed by atoms with Gasteiger partial charge in [0.15, 0.2) is 0 Å². The number of ether oxygens (including phenoxy) is 1. The molecule has 148 valence electrons. The van der Waals surface area contributed by atoms with Crippen LogP contribution in [0, 0.1) is 12.7 Å². The number of likely N-dealkylation sites (tertiary alicyclic amines) is 1. The van der Waals surface area contributed by atoms with E-state index in [2.05, 4.69) is 10.3 Å². The van der Waals surface area contributed by atoms with E-state index in [0.29, 0.717) is 43.8 Å². The molecule has 1 aliphatic heterocycles. The molecule has 0 saturated carbocycles. The quantitative estimate of drug-likeness (QED) is 0.830. The summed E-state index contributed by atoms with van der Waals surface area (Å²) in [7, 11) is 1.60. The van der Waals surface area contributed by atoms with E-state index in [-0.39, 0.29) is 11.8 Å². The zero-order valence-corrected chi connectivity index (χ0v) is 16.1. The molecule has 2 heterocycles. The van der Waals surface area contributed by atoms with Crippen molar-refractivity contribution in [2.24, 2.45) is 0 Å². The largest absolute Gasteiger partial charge is 0.385 e. The van der Waals surface area contributed by atoms with Gasteiger partial charge < -0.3 is 15.0 Å². The van der Waals surface area contributed by atoms with E-state index in [0.717, 1.165) is 5.56 Å². The Labute approximate surface area is 163 Å². The lowest BCUT2D eigenvalue weighted by atomic mass is 9.93. The SMILES string of the molecule is COCCC1(NC(=O)c2ccc(F)cc2)CCN(C(=O)c2ncccc2C)C1. The molecule has 3 rings (SSSR count). The van der Waals surface area contributed by atoms with Crippen LogP contribution in [0.1, 0.15) is 39.3 Å². The van der Waals surface area contributed by atoms with Crippen LogP contribution in [0.2, 0.25) is 0 Å². The number of nitrogens with zero attached hydrogens (tertiary/aromatic N) is 2. The number of nitrogens with one attached hydrogen (secondary N) is 1. The topological polar surface area (TPSA) is 71.5 Å². The summed E-state index contributed by atoms with van der Waals surface area (Å²) >= 11 is 0. The predicted octanol–water partition coefficient (Wildman–Crippen LogP) is 2.58. The third-order valence-corrected chi connectivity index (χ3v) is 5.12. The molecular weight excluding hydrogens is 361 g/mol. The number of halogens is 1. The van der Waals surface area contributed by atoms with Crippen molar-refractivity contribution >= 4 is 11.8 Å². The second-order valence-corrected chi connectivity index (χ2v) is 7.13. The zero-order chi connectivity index (χ0) is 20.1. The fourth-order valence-electron chi connectivity index (χ4n) is 3.49. The molecule has 0 bridgehead atoms. The summed E-state index contributed by atoms with van der Waals surface area (Å²) in [6.07, 6.45) is 2.78. The smallest absolute Gasteiger partial charge is 0.272 e. The molecule has 1 saturated heterocycles. The van der Waals surface area contributed by atoms with Gasteiger partial charge in [0.1, 0.15) is 11.5 Å². The summed E-state index contributed by atoms with van der Waals surface area (Å²) in [5.41, 5.74) is 1.02. The molecule has 0 aliphatic carbocycles. The molecule has 28 heavy (non-hydrogen) atoms. The lowest BCUT2D eigenvalue weighted by molar-refractivity contribution is 0.0741. The van der Waals surface area contributed by atoms with Gasteiger partial charge in [-0.2, -0.15) is 0 Å². The molecule has 1 fully saturated rings. The third kappa shape index (κ3) is 4.36. The molecule has 1 unspecified atom stereocenters. The maximum absolute atomic E-state index is 13.1. The Balaban J connectivity index is 1.77. The molecule has 1 atom stereocenters. The van der Waals surface area contributed by atoms with Gasteiger partial charge in [-0.1, -0.05) is 6.07 Å². The lowest BCUT2D eigenvalue weighted by Gasteiger charge is -2.30. The second-order valence-electron chi connectivity index (χ2n) is 7.13. The molecule has 1 N–H and O–H groups in total. The van der Waals surface area contributed by atoms with Crippen molar-refractivity contribution in [3.63, 3.8) is 0 Å². The Kier molecular flexibility index (Phi) is 6.04. The fourth-order valence-corrected chi connectivity index (χ4v) is 3.49. The average molecular weight is 385 g/mol. The van der Waals surface area contributed by atoms with Gasteiger partial charge in [-0.25, -0.2) is 4.39 Å². The Morgan fingerprint density at radius 3 is 2.71 bits per heavy atom. The highest BCUT2D eigenvalue weighted by atomic mass is 19.1. The molecule has 0 radical (unpaired) electrons. The number of pyridine rings is 1. The van der Waals surface area contributed by atoms with Gasteiger partial charge in [-0.3, -0.25) is 14.6 Å². The van der Waals surface area contributed by atoms with Crippen molar-refractivity contribution in [3.05, 3.63) is 65.2 Å². The standard InChI is InChI=1S/C21H24FN3O3/c1-15-4-3-11-23-18(15)20(27)25-12-9-21(14-25,10-13-28-2)24-19(26)16-5-7-17(22)8-6-16/h3-8,11H,9-10,12-14H2,1-2H3,(H,24,26). The number of aromatic nitrogens is 1. The van der Waals surface area contributed by atoms with Crippen LogP contribution in [0.25, 0.3) is 0 Å². The summed E-state index contributed by atoms with van der Waals surface area (Å²) < 4.78 is 18.3. The third-order valence-electron chi connectivity index (χ3n) is 5.12. The molecule has 1 aromatic heterocycles. The van der Waals surface area contributed by atoms with Crippen LogP contribution >= 0.6 is 0 Å². The minimum atomic E-state index is -0.597. The van der Waals surface area contributed by atoms with Crippen LogP contribution in [-0.4, -0.2) is 54.0 Å². The van der Waals surface area contributed by atoms with E-state index < -0.39 is 11.4 Å². The molecule has 7 heteroatoms. The van der Waals surface area contributed by atoms with Gasteiger partial charge in [0.25, 0.3) is 11.8 Å². The van der Waals surface area contributed by atoms with Crippen molar-refractivity contribution < 1.29 is 18.7 Å². The number of carbonyl (C=O) groups is 2. The molecular formula is C21H24FN3O3. The first-order valence-corrected chi connectivity index (χ1v) is 9.22.